The summed E-state index contributed by atoms with van der Waals surface area (Å²) in [6, 6.07) is -0.720. The molecule has 0 aliphatic carbocycles. The Balaban J connectivity index is 2.70. The van der Waals surface area contributed by atoms with Gasteiger partial charge < -0.3 is 20.3 Å². The average molecular weight is 269 g/mol. The van der Waals surface area contributed by atoms with Crippen LogP contribution < -0.4 is 10.1 Å². The van der Waals surface area contributed by atoms with E-state index < -0.39 is 12.0 Å². The Hall–Kier alpha value is -1.89. The number of aliphatic carboxylic acids is 1. The third kappa shape index (κ3) is 5.52. The zero-order valence-electron chi connectivity index (χ0n) is 11.0. The van der Waals surface area contributed by atoms with Crippen LogP contribution >= 0.6 is 0 Å². The first-order valence-electron chi connectivity index (χ1n) is 6.08. The van der Waals surface area contributed by atoms with E-state index in [0.29, 0.717) is 12.2 Å². The molecule has 0 saturated heterocycles. The van der Waals surface area contributed by atoms with Gasteiger partial charge in [0.05, 0.1) is 19.0 Å². The summed E-state index contributed by atoms with van der Waals surface area (Å²) in [6.45, 7) is 3.89. The van der Waals surface area contributed by atoms with Crippen molar-refractivity contribution in [3.05, 3.63) is 12.4 Å². The van der Waals surface area contributed by atoms with Crippen LogP contribution in [0.2, 0.25) is 0 Å². The van der Waals surface area contributed by atoms with Crippen molar-refractivity contribution in [3.63, 3.8) is 0 Å². The molecule has 1 aromatic rings. The molecule has 7 heteroatoms. The van der Waals surface area contributed by atoms with E-state index in [-0.39, 0.29) is 25.0 Å². The highest BCUT2D eigenvalue weighted by atomic mass is 16.5. The lowest BCUT2D eigenvalue weighted by atomic mass is 10.0. The van der Waals surface area contributed by atoms with E-state index in [9.17, 15) is 4.79 Å². The molecule has 0 unspecified atom stereocenters. The van der Waals surface area contributed by atoms with Gasteiger partial charge in [-0.15, -0.1) is 0 Å². The lowest BCUT2D eigenvalue weighted by molar-refractivity contribution is -0.138. The predicted molar refractivity (Wildman–Crippen MR) is 69.1 cm³/mol. The van der Waals surface area contributed by atoms with Crippen LogP contribution in [0, 0.1) is 5.92 Å². The highest BCUT2D eigenvalue weighted by molar-refractivity contribution is 5.76. The third-order valence-electron chi connectivity index (χ3n) is 2.28. The monoisotopic (exact) mass is 269 g/mol. The summed E-state index contributed by atoms with van der Waals surface area (Å²) in [5.74, 6) is -0.108. The number of aromatic nitrogens is 2. The Labute approximate surface area is 111 Å². The van der Waals surface area contributed by atoms with Gasteiger partial charge in [0.2, 0.25) is 5.88 Å². The van der Waals surface area contributed by atoms with Crippen molar-refractivity contribution in [2.45, 2.75) is 26.3 Å². The Morgan fingerprint density at radius 3 is 2.79 bits per heavy atom. The molecule has 0 fully saturated rings. The molecule has 1 aromatic heterocycles. The molecule has 0 amide bonds. The lowest BCUT2D eigenvalue weighted by Gasteiger charge is -2.17. The Bertz CT molecular complexity index is 412. The molecule has 0 aromatic carbocycles. The first-order valence-corrected chi connectivity index (χ1v) is 6.08. The van der Waals surface area contributed by atoms with E-state index in [0.717, 1.165) is 0 Å². The van der Waals surface area contributed by atoms with Gasteiger partial charge in [0.15, 0.2) is 0 Å². The van der Waals surface area contributed by atoms with Crippen LogP contribution in [0.4, 0.5) is 5.82 Å². The number of hydrogen-bond acceptors (Lipinski definition) is 6. The molecule has 7 nitrogen and oxygen atoms in total. The maximum absolute atomic E-state index is 11.1. The lowest BCUT2D eigenvalue weighted by Crippen LogP contribution is -2.31. The molecule has 1 atom stereocenters. The molecular formula is C12H19N3O4. The minimum atomic E-state index is -0.933. The normalized spacial score (nSPS) is 12.2. The molecule has 3 N–H and O–H groups in total. The van der Waals surface area contributed by atoms with Gasteiger partial charge in [-0.3, -0.25) is 4.98 Å². The van der Waals surface area contributed by atoms with Crippen molar-refractivity contribution in [1.82, 2.24) is 9.97 Å². The zero-order valence-corrected chi connectivity index (χ0v) is 11.0. The number of rotatable bonds is 8. The first kappa shape index (κ1) is 15.2. The van der Waals surface area contributed by atoms with Gasteiger partial charge in [0.25, 0.3) is 0 Å². The van der Waals surface area contributed by atoms with Crippen LogP contribution in [0.5, 0.6) is 5.88 Å². The molecule has 19 heavy (non-hydrogen) atoms. The van der Waals surface area contributed by atoms with Crippen molar-refractivity contribution in [2.75, 3.05) is 18.5 Å². The molecule has 1 rings (SSSR count). The van der Waals surface area contributed by atoms with Crippen LogP contribution in [-0.4, -0.2) is 45.4 Å². The molecule has 1 heterocycles. The zero-order chi connectivity index (χ0) is 14.3. The number of hydrogen-bond donors (Lipinski definition) is 3. The van der Waals surface area contributed by atoms with Gasteiger partial charge in [0.1, 0.15) is 18.5 Å². The second-order valence-corrected chi connectivity index (χ2v) is 4.48. The van der Waals surface area contributed by atoms with Gasteiger partial charge in [-0.25, -0.2) is 4.79 Å². The van der Waals surface area contributed by atoms with Crippen molar-refractivity contribution >= 4 is 11.8 Å². The van der Waals surface area contributed by atoms with E-state index >= 15 is 0 Å². The van der Waals surface area contributed by atoms with Gasteiger partial charge in [-0.2, -0.15) is 4.98 Å². The molecule has 0 aliphatic heterocycles. The number of aliphatic hydroxyl groups is 1. The number of carboxylic acids is 1. The standard InChI is InChI=1S/C12H19N3O4/c1-8(2)5-9(12(17)18)14-10-6-13-7-11(15-10)19-4-3-16/h6-9,16H,3-5H2,1-2H3,(H,14,15)(H,17,18)/t9-/m1/s1. The summed E-state index contributed by atoms with van der Waals surface area (Å²) in [6.07, 6.45) is 3.32. The predicted octanol–water partition coefficient (Wildman–Crippen LogP) is 0.759. The largest absolute Gasteiger partial charge is 0.480 e. The molecule has 0 aliphatic rings. The topological polar surface area (TPSA) is 105 Å². The maximum atomic E-state index is 11.1. The summed E-state index contributed by atoms with van der Waals surface area (Å²) in [7, 11) is 0. The summed E-state index contributed by atoms with van der Waals surface area (Å²) in [4.78, 5) is 19.1. The fraction of sp³-hybridized carbons (Fsp3) is 0.583. The maximum Gasteiger partial charge on any atom is 0.326 e. The first-order chi connectivity index (χ1) is 9.02. The minimum absolute atomic E-state index is 0.118. The fourth-order valence-corrected chi connectivity index (χ4v) is 1.51. The molecule has 0 radical (unpaired) electrons. The summed E-state index contributed by atoms with van der Waals surface area (Å²) in [5.41, 5.74) is 0. The van der Waals surface area contributed by atoms with E-state index in [1.165, 1.54) is 12.4 Å². The minimum Gasteiger partial charge on any atom is -0.480 e. The Morgan fingerprint density at radius 1 is 1.47 bits per heavy atom. The van der Waals surface area contributed by atoms with Crippen LogP contribution in [0.25, 0.3) is 0 Å². The highest BCUT2D eigenvalue weighted by Crippen LogP contribution is 2.13. The second kappa shape index (κ2) is 7.52. The smallest absolute Gasteiger partial charge is 0.326 e. The van der Waals surface area contributed by atoms with Crippen LogP contribution in [-0.2, 0) is 4.79 Å². The van der Waals surface area contributed by atoms with Crippen LogP contribution in [0.3, 0.4) is 0 Å². The number of nitrogens with one attached hydrogen (secondary N) is 1. The van der Waals surface area contributed by atoms with Gasteiger partial charge >= 0.3 is 5.97 Å². The number of nitrogens with zero attached hydrogens (tertiary/aromatic N) is 2. The summed E-state index contributed by atoms with van der Waals surface area (Å²) in [5, 5.41) is 20.6. The number of ether oxygens (including phenoxy) is 1. The number of carboxylic acid groups (broad SMARTS) is 1. The second-order valence-electron chi connectivity index (χ2n) is 4.48. The molecule has 106 valence electrons. The van der Waals surface area contributed by atoms with Gasteiger partial charge in [-0.1, -0.05) is 13.8 Å². The van der Waals surface area contributed by atoms with E-state index in [1.807, 2.05) is 13.8 Å². The van der Waals surface area contributed by atoms with Crippen molar-refractivity contribution < 1.29 is 19.7 Å². The fourth-order valence-electron chi connectivity index (χ4n) is 1.51. The average Bonchev–Trinajstić information content (AvgIpc) is 2.35. The third-order valence-corrected chi connectivity index (χ3v) is 2.28. The van der Waals surface area contributed by atoms with E-state index in [4.69, 9.17) is 14.9 Å². The van der Waals surface area contributed by atoms with Crippen molar-refractivity contribution in [3.8, 4) is 5.88 Å². The van der Waals surface area contributed by atoms with Crippen LogP contribution in [0.1, 0.15) is 20.3 Å². The van der Waals surface area contributed by atoms with Gasteiger partial charge in [-0.05, 0) is 12.3 Å². The highest BCUT2D eigenvalue weighted by Gasteiger charge is 2.19. The number of aliphatic hydroxyl groups excluding tert-OH is 1. The molecule has 0 saturated carbocycles. The van der Waals surface area contributed by atoms with E-state index in [2.05, 4.69) is 15.3 Å². The van der Waals surface area contributed by atoms with Crippen molar-refractivity contribution in [1.29, 1.82) is 0 Å². The van der Waals surface area contributed by atoms with E-state index in [1.54, 1.807) is 0 Å². The Kier molecular flexibility index (Phi) is 6.01. The number of carbonyl (C=O) groups is 1. The van der Waals surface area contributed by atoms with Gasteiger partial charge in [0, 0.05) is 0 Å². The molecular weight excluding hydrogens is 250 g/mol. The Morgan fingerprint density at radius 2 is 2.21 bits per heavy atom. The van der Waals surface area contributed by atoms with Crippen molar-refractivity contribution in [2.24, 2.45) is 5.92 Å². The SMILES string of the molecule is CC(C)C[C@@H](Nc1cncc(OCCO)n1)C(=O)O. The quantitative estimate of drug-likeness (QED) is 0.639. The summed E-state index contributed by atoms with van der Waals surface area (Å²) >= 11 is 0. The van der Waals surface area contributed by atoms with Crippen LogP contribution in [0.15, 0.2) is 12.4 Å². The molecule has 0 spiro atoms. The summed E-state index contributed by atoms with van der Waals surface area (Å²) < 4.78 is 5.11. The molecule has 0 bridgehead atoms. The number of anilines is 1.